The van der Waals surface area contributed by atoms with Crippen LogP contribution in [0.1, 0.15) is 22.5 Å². The minimum absolute atomic E-state index is 0.0127. The van der Waals surface area contributed by atoms with Gasteiger partial charge in [0.15, 0.2) is 0 Å². The van der Waals surface area contributed by atoms with Crippen molar-refractivity contribution in [3.05, 3.63) is 57.0 Å². The average Bonchev–Trinajstić information content (AvgIpc) is 2.77. The van der Waals surface area contributed by atoms with E-state index in [0.717, 1.165) is 5.56 Å². The number of carbonyl (C=O) groups is 2. The Balaban J connectivity index is 1.82. The predicted octanol–water partition coefficient (Wildman–Crippen LogP) is 2.48. The molecular weight excluding hydrogens is 444 g/mol. The third kappa shape index (κ3) is 5.01. The minimum Gasteiger partial charge on any atom is -0.476 e. The van der Waals surface area contributed by atoms with Crippen LogP contribution in [0.5, 0.6) is 0 Å². The molecule has 2 heterocycles. The van der Waals surface area contributed by atoms with E-state index in [1.807, 2.05) is 24.3 Å². The van der Waals surface area contributed by atoms with E-state index in [4.69, 9.17) is 16.3 Å². The maximum absolute atomic E-state index is 12.6. The van der Waals surface area contributed by atoms with Gasteiger partial charge in [0.2, 0.25) is 16.8 Å². The SMILES string of the molecule is N#CC[C@H]1CN(c2nc(Cl)nc(C(=O)O)c2[N+](=O)[O-])CCN1C(=O)OCc1ccccc1. The van der Waals surface area contributed by atoms with Crippen molar-refractivity contribution in [1.82, 2.24) is 14.9 Å². The molecule has 1 amide bonds. The number of carbonyl (C=O) groups excluding carboxylic acids is 1. The summed E-state index contributed by atoms with van der Waals surface area (Å²) >= 11 is 5.79. The summed E-state index contributed by atoms with van der Waals surface area (Å²) in [5.74, 6) is -1.91. The molecule has 1 aliphatic heterocycles. The van der Waals surface area contributed by atoms with Crippen LogP contribution < -0.4 is 4.90 Å². The molecule has 0 spiro atoms. The zero-order valence-corrected chi connectivity index (χ0v) is 17.3. The van der Waals surface area contributed by atoms with E-state index in [0.29, 0.717) is 0 Å². The highest BCUT2D eigenvalue weighted by molar-refractivity contribution is 6.28. The topological polar surface area (TPSA) is 163 Å². The number of nitriles is 1. The molecule has 2 aromatic rings. The van der Waals surface area contributed by atoms with Crippen LogP contribution in [0.2, 0.25) is 5.28 Å². The number of ether oxygens (including phenoxy) is 1. The van der Waals surface area contributed by atoms with E-state index < -0.39 is 39.7 Å². The van der Waals surface area contributed by atoms with Crippen molar-refractivity contribution in [2.24, 2.45) is 0 Å². The first-order valence-corrected chi connectivity index (χ1v) is 9.74. The van der Waals surface area contributed by atoms with Gasteiger partial charge in [0, 0.05) is 19.6 Å². The van der Waals surface area contributed by atoms with E-state index in [9.17, 15) is 30.1 Å². The maximum Gasteiger partial charge on any atom is 0.410 e. The summed E-state index contributed by atoms with van der Waals surface area (Å²) in [6.45, 7) is 0.187. The number of piperazine rings is 1. The first-order valence-electron chi connectivity index (χ1n) is 9.36. The van der Waals surface area contributed by atoms with Crippen LogP contribution in [0.15, 0.2) is 30.3 Å². The number of carboxylic acid groups (broad SMARTS) is 1. The molecule has 1 aromatic heterocycles. The highest BCUT2D eigenvalue weighted by atomic mass is 35.5. The van der Waals surface area contributed by atoms with Crippen LogP contribution in [0.3, 0.4) is 0 Å². The number of nitrogens with zero attached hydrogens (tertiary/aromatic N) is 6. The Morgan fingerprint density at radius 2 is 2.03 bits per heavy atom. The monoisotopic (exact) mass is 460 g/mol. The number of halogens is 1. The van der Waals surface area contributed by atoms with Gasteiger partial charge in [-0.3, -0.25) is 10.1 Å². The van der Waals surface area contributed by atoms with Crippen LogP contribution in [-0.2, 0) is 11.3 Å². The highest BCUT2D eigenvalue weighted by Crippen LogP contribution is 2.32. The molecular formula is C19H17ClN6O6. The molecule has 1 aromatic carbocycles. The molecule has 32 heavy (non-hydrogen) atoms. The van der Waals surface area contributed by atoms with Crippen molar-refractivity contribution >= 4 is 35.2 Å². The van der Waals surface area contributed by atoms with Gasteiger partial charge in [0.1, 0.15) is 6.61 Å². The largest absolute Gasteiger partial charge is 0.476 e. The smallest absolute Gasteiger partial charge is 0.410 e. The molecule has 0 bridgehead atoms. The fourth-order valence-electron chi connectivity index (χ4n) is 3.32. The van der Waals surface area contributed by atoms with Crippen molar-refractivity contribution in [2.45, 2.75) is 19.1 Å². The number of hydrogen-bond acceptors (Lipinski definition) is 9. The number of hydrogen-bond donors (Lipinski definition) is 1. The van der Waals surface area contributed by atoms with Crippen molar-refractivity contribution in [3.8, 4) is 6.07 Å². The number of nitro groups is 1. The van der Waals surface area contributed by atoms with Crippen LogP contribution in [0, 0.1) is 21.4 Å². The van der Waals surface area contributed by atoms with Gasteiger partial charge >= 0.3 is 17.7 Å². The Morgan fingerprint density at radius 3 is 2.66 bits per heavy atom. The summed E-state index contributed by atoms with van der Waals surface area (Å²) in [6, 6.07) is 10.4. The minimum atomic E-state index is -1.63. The molecule has 1 saturated heterocycles. The molecule has 13 heteroatoms. The van der Waals surface area contributed by atoms with Crippen LogP contribution in [0.25, 0.3) is 0 Å². The normalized spacial score (nSPS) is 15.7. The summed E-state index contributed by atoms with van der Waals surface area (Å²) < 4.78 is 5.34. The maximum atomic E-state index is 12.6. The predicted molar refractivity (Wildman–Crippen MR) is 110 cm³/mol. The Morgan fingerprint density at radius 1 is 1.31 bits per heavy atom. The van der Waals surface area contributed by atoms with Gasteiger partial charge in [-0.15, -0.1) is 0 Å². The van der Waals surface area contributed by atoms with E-state index in [1.165, 1.54) is 9.80 Å². The summed E-state index contributed by atoms with van der Waals surface area (Å²) in [6.07, 6.45) is -0.704. The molecule has 0 aliphatic carbocycles. The first-order chi connectivity index (χ1) is 15.3. The Kier molecular flexibility index (Phi) is 7.01. The van der Waals surface area contributed by atoms with E-state index in [2.05, 4.69) is 9.97 Å². The van der Waals surface area contributed by atoms with Crippen LogP contribution in [0.4, 0.5) is 16.3 Å². The summed E-state index contributed by atoms with van der Waals surface area (Å²) in [4.78, 5) is 44.8. The van der Waals surface area contributed by atoms with E-state index in [-0.39, 0.29) is 38.5 Å². The van der Waals surface area contributed by atoms with Crippen LogP contribution >= 0.6 is 11.6 Å². The lowest BCUT2D eigenvalue weighted by Gasteiger charge is -2.40. The second kappa shape index (κ2) is 9.88. The van der Waals surface area contributed by atoms with Gasteiger partial charge in [-0.2, -0.15) is 10.2 Å². The standard InChI is InChI=1S/C19H17ClN6O6/c20-18-22-14(17(27)28)15(26(30)31)16(23-18)24-8-9-25(13(10-24)6-7-21)19(29)32-11-12-4-2-1-3-5-12/h1-5,13H,6,8-11H2,(H,27,28)/t13-/m0/s1. The fraction of sp³-hybridized carbons (Fsp3) is 0.316. The number of amides is 1. The molecule has 1 fully saturated rings. The molecule has 0 unspecified atom stereocenters. The van der Waals surface area contributed by atoms with Gasteiger partial charge in [0.25, 0.3) is 0 Å². The lowest BCUT2D eigenvalue weighted by Crippen LogP contribution is -2.55. The molecule has 1 aliphatic rings. The van der Waals surface area contributed by atoms with Gasteiger partial charge in [-0.25, -0.2) is 14.6 Å². The van der Waals surface area contributed by atoms with E-state index >= 15 is 0 Å². The lowest BCUT2D eigenvalue weighted by molar-refractivity contribution is -0.385. The quantitative estimate of drug-likeness (QED) is 0.384. The first kappa shape index (κ1) is 22.7. The number of rotatable bonds is 6. The summed E-state index contributed by atoms with van der Waals surface area (Å²) in [5, 5.41) is 29.6. The number of benzene rings is 1. The number of aromatic nitrogens is 2. The lowest BCUT2D eigenvalue weighted by atomic mass is 10.1. The number of carboxylic acids is 1. The highest BCUT2D eigenvalue weighted by Gasteiger charge is 2.37. The van der Waals surface area contributed by atoms with Crippen molar-refractivity contribution in [3.63, 3.8) is 0 Å². The number of aromatic carboxylic acids is 1. The van der Waals surface area contributed by atoms with Gasteiger partial charge in [0.05, 0.1) is 23.5 Å². The molecule has 12 nitrogen and oxygen atoms in total. The van der Waals surface area contributed by atoms with Crippen molar-refractivity contribution in [2.75, 3.05) is 24.5 Å². The van der Waals surface area contributed by atoms with Gasteiger partial charge in [-0.1, -0.05) is 30.3 Å². The number of anilines is 1. The average molecular weight is 461 g/mol. The van der Waals surface area contributed by atoms with Gasteiger partial charge in [-0.05, 0) is 17.2 Å². The van der Waals surface area contributed by atoms with Crippen molar-refractivity contribution < 1.29 is 24.4 Å². The zero-order chi connectivity index (χ0) is 23.3. The molecule has 3 rings (SSSR count). The van der Waals surface area contributed by atoms with Crippen LogP contribution in [-0.4, -0.2) is 62.6 Å². The Bertz CT molecular complexity index is 1080. The summed E-state index contributed by atoms with van der Waals surface area (Å²) in [5.41, 5.74) is -0.854. The third-order valence-electron chi connectivity index (χ3n) is 4.77. The zero-order valence-electron chi connectivity index (χ0n) is 16.5. The molecule has 1 atom stereocenters. The molecule has 166 valence electrons. The Labute approximate surface area is 186 Å². The summed E-state index contributed by atoms with van der Waals surface area (Å²) in [7, 11) is 0. The second-order valence-electron chi connectivity index (χ2n) is 6.77. The Hall–Kier alpha value is -3.98. The van der Waals surface area contributed by atoms with Gasteiger partial charge < -0.3 is 19.6 Å². The van der Waals surface area contributed by atoms with E-state index in [1.54, 1.807) is 12.1 Å². The molecule has 1 N–H and O–H groups in total. The fourth-order valence-corrected chi connectivity index (χ4v) is 3.49. The molecule has 0 saturated carbocycles. The third-order valence-corrected chi connectivity index (χ3v) is 4.94. The second-order valence-corrected chi connectivity index (χ2v) is 7.11. The molecule has 0 radical (unpaired) electrons. The van der Waals surface area contributed by atoms with Crippen molar-refractivity contribution in [1.29, 1.82) is 5.26 Å².